The number of ether oxygens (including phenoxy) is 1. The average molecular weight is 195 g/mol. The molecule has 0 amide bonds. The molecule has 0 aliphatic carbocycles. The lowest BCUT2D eigenvalue weighted by Gasteiger charge is -2.14. The summed E-state index contributed by atoms with van der Waals surface area (Å²) in [5.74, 6) is 0.779. The Labute approximate surface area is 77.3 Å². The van der Waals surface area contributed by atoms with Crippen LogP contribution < -0.4 is 0 Å². The van der Waals surface area contributed by atoms with Crippen molar-refractivity contribution < 1.29 is 4.74 Å². The Morgan fingerprint density at radius 1 is 1.45 bits per heavy atom. The molecule has 0 fully saturated rings. The maximum absolute atomic E-state index is 5.61. The Morgan fingerprint density at radius 2 is 2.18 bits per heavy atom. The van der Waals surface area contributed by atoms with Gasteiger partial charge in [-0.05, 0) is 19.8 Å². The monoisotopic (exact) mass is 194 g/mol. The third-order valence-electron chi connectivity index (χ3n) is 1.67. The van der Waals surface area contributed by atoms with Crippen molar-refractivity contribution in [3.63, 3.8) is 0 Å². The highest BCUT2D eigenvalue weighted by Gasteiger charge is 2.05. The summed E-state index contributed by atoms with van der Waals surface area (Å²) < 4.78 is 5.59. The van der Waals surface area contributed by atoms with Crippen LogP contribution in [0.25, 0.3) is 0 Å². The summed E-state index contributed by atoms with van der Waals surface area (Å²) in [4.78, 5) is 0. The van der Waals surface area contributed by atoms with Crippen LogP contribution in [0.3, 0.4) is 0 Å². The van der Waals surface area contributed by atoms with E-state index in [0.717, 1.165) is 18.9 Å². The zero-order valence-electron chi connectivity index (χ0n) is 7.61. The summed E-state index contributed by atoms with van der Waals surface area (Å²) in [5.41, 5.74) is 0.587. The Bertz CT molecular complexity index is 74.5. The first-order chi connectivity index (χ1) is 5.35. The van der Waals surface area contributed by atoms with Crippen LogP contribution in [0.15, 0.2) is 0 Å². The van der Waals surface area contributed by atoms with Gasteiger partial charge in [0.2, 0.25) is 0 Å². The fraction of sp³-hybridized carbons (Fsp3) is 1.00. The first-order valence-corrected chi connectivity index (χ1v) is 6.87. The molecule has 1 nitrogen and oxygen atoms in total. The van der Waals surface area contributed by atoms with Crippen molar-refractivity contribution >= 4 is 21.1 Å². The van der Waals surface area contributed by atoms with E-state index in [-0.39, 0.29) is 9.52 Å². The minimum atomic E-state index is 0.0235. The second-order valence-corrected chi connectivity index (χ2v) is 5.56. The largest absolute Gasteiger partial charge is 0.383 e. The topological polar surface area (TPSA) is 9.23 Å². The number of alkyl halides is 1. The zero-order valence-corrected chi connectivity index (χ0v) is 9.78. The molecule has 0 spiro atoms. The summed E-state index contributed by atoms with van der Waals surface area (Å²) in [5, 5.41) is 0. The van der Waals surface area contributed by atoms with Gasteiger partial charge in [0.25, 0.3) is 0 Å². The van der Waals surface area contributed by atoms with Gasteiger partial charge in [0.05, 0.1) is 9.52 Å². The predicted molar refractivity (Wildman–Crippen MR) is 54.4 cm³/mol. The molecule has 0 aliphatic heterocycles. The van der Waals surface area contributed by atoms with E-state index in [4.69, 9.17) is 16.3 Å². The molecule has 68 valence electrons. The molecule has 0 N–H and O–H groups in total. The maximum atomic E-state index is 5.61. The molecule has 0 aromatic heterocycles. The van der Waals surface area contributed by atoms with E-state index < -0.39 is 0 Å². The smallest absolute Gasteiger partial charge is 0.0553 e. The second kappa shape index (κ2) is 8.56. The third kappa shape index (κ3) is 6.85. The van der Waals surface area contributed by atoms with Crippen molar-refractivity contribution in [3.05, 3.63) is 0 Å². The Kier molecular flexibility index (Phi) is 8.93. The summed E-state index contributed by atoms with van der Waals surface area (Å²) >= 11 is 5.61. The van der Waals surface area contributed by atoms with E-state index >= 15 is 0 Å². The Balaban J connectivity index is 3.34. The van der Waals surface area contributed by atoms with Crippen LogP contribution in [-0.2, 0) is 4.74 Å². The number of rotatable bonds is 7. The van der Waals surface area contributed by atoms with E-state index in [1.165, 1.54) is 12.5 Å². The fourth-order valence-electron chi connectivity index (χ4n) is 1.17. The number of halogens is 1. The maximum Gasteiger partial charge on any atom is 0.0553 e. The standard InChI is InChI=1S/C8H19ClOSi/c1-3-10-8(11-4-2)6-5-7-9/h8H,3-7,11H2,1-2H3. The van der Waals surface area contributed by atoms with Crippen LogP contribution >= 0.6 is 11.6 Å². The van der Waals surface area contributed by atoms with Crippen molar-refractivity contribution in [2.75, 3.05) is 12.5 Å². The predicted octanol–water partition coefficient (Wildman–Crippen LogP) is 1.97. The van der Waals surface area contributed by atoms with Crippen molar-refractivity contribution in [3.8, 4) is 0 Å². The third-order valence-corrected chi connectivity index (χ3v) is 3.81. The number of hydrogen-bond acceptors (Lipinski definition) is 1. The van der Waals surface area contributed by atoms with Gasteiger partial charge in [-0.25, -0.2) is 0 Å². The van der Waals surface area contributed by atoms with Gasteiger partial charge < -0.3 is 4.74 Å². The van der Waals surface area contributed by atoms with Crippen LogP contribution in [0, 0.1) is 0 Å². The molecule has 3 heteroatoms. The molecular weight excluding hydrogens is 176 g/mol. The molecule has 1 unspecified atom stereocenters. The minimum Gasteiger partial charge on any atom is -0.383 e. The van der Waals surface area contributed by atoms with Crippen molar-refractivity contribution in [2.24, 2.45) is 0 Å². The molecule has 1 atom stereocenters. The molecule has 0 aromatic carbocycles. The number of hydrogen-bond donors (Lipinski definition) is 0. The van der Waals surface area contributed by atoms with Crippen molar-refractivity contribution in [2.45, 2.75) is 38.5 Å². The second-order valence-electron chi connectivity index (χ2n) is 2.70. The molecule has 11 heavy (non-hydrogen) atoms. The van der Waals surface area contributed by atoms with E-state index in [0.29, 0.717) is 5.73 Å². The first-order valence-electron chi connectivity index (χ1n) is 4.52. The highest BCUT2D eigenvalue weighted by Crippen LogP contribution is 2.03. The minimum absolute atomic E-state index is 0.0235. The van der Waals surface area contributed by atoms with Gasteiger partial charge in [0.15, 0.2) is 0 Å². The first kappa shape index (κ1) is 11.5. The van der Waals surface area contributed by atoms with E-state index in [1.807, 2.05) is 0 Å². The molecule has 0 radical (unpaired) electrons. The fourth-order valence-corrected chi connectivity index (χ4v) is 2.95. The van der Waals surface area contributed by atoms with Gasteiger partial charge in [0.1, 0.15) is 0 Å². The molecule has 0 aliphatic rings. The van der Waals surface area contributed by atoms with Gasteiger partial charge >= 0.3 is 0 Å². The van der Waals surface area contributed by atoms with Crippen LogP contribution in [0.4, 0.5) is 0 Å². The van der Waals surface area contributed by atoms with Crippen molar-refractivity contribution in [1.82, 2.24) is 0 Å². The Hall–Kier alpha value is 0.467. The summed E-state index contributed by atoms with van der Waals surface area (Å²) in [6, 6.07) is 1.34. The lowest BCUT2D eigenvalue weighted by molar-refractivity contribution is 0.110. The quantitative estimate of drug-likeness (QED) is 0.445. The van der Waals surface area contributed by atoms with Crippen LogP contribution in [-0.4, -0.2) is 27.7 Å². The highest BCUT2D eigenvalue weighted by molar-refractivity contribution is 6.37. The SMILES string of the molecule is CCOC(CCCCl)[SiH2]CC. The average Bonchev–Trinajstić information content (AvgIpc) is 2.01. The van der Waals surface area contributed by atoms with Crippen LogP contribution in [0.2, 0.25) is 6.04 Å². The van der Waals surface area contributed by atoms with E-state index in [1.54, 1.807) is 0 Å². The molecule has 0 heterocycles. The molecule has 0 aromatic rings. The zero-order chi connectivity index (χ0) is 8.53. The summed E-state index contributed by atoms with van der Waals surface area (Å²) in [6.45, 7) is 5.18. The molecule has 0 saturated carbocycles. The Morgan fingerprint density at radius 3 is 2.64 bits per heavy atom. The van der Waals surface area contributed by atoms with Crippen LogP contribution in [0.1, 0.15) is 26.7 Å². The molecule has 0 bridgehead atoms. The molecule has 0 saturated heterocycles. The normalized spacial score (nSPS) is 14.5. The van der Waals surface area contributed by atoms with Gasteiger partial charge in [-0.3, -0.25) is 0 Å². The van der Waals surface area contributed by atoms with Gasteiger partial charge in [0, 0.05) is 18.2 Å². The van der Waals surface area contributed by atoms with Crippen LogP contribution in [0.5, 0.6) is 0 Å². The lowest BCUT2D eigenvalue weighted by Crippen LogP contribution is -2.20. The molecule has 0 rings (SSSR count). The van der Waals surface area contributed by atoms with E-state index in [2.05, 4.69) is 13.8 Å². The molecular formula is C8H19ClOSi. The lowest BCUT2D eigenvalue weighted by atomic mass is 10.3. The summed E-state index contributed by atoms with van der Waals surface area (Å²) in [7, 11) is 0.0235. The van der Waals surface area contributed by atoms with Gasteiger partial charge in [-0.15, -0.1) is 11.6 Å². The van der Waals surface area contributed by atoms with E-state index in [9.17, 15) is 0 Å². The summed E-state index contributed by atoms with van der Waals surface area (Å²) in [6.07, 6.45) is 2.29. The van der Waals surface area contributed by atoms with Crippen molar-refractivity contribution in [1.29, 1.82) is 0 Å². The van der Waals surface area contributed by atoms with Gasteiger partial charge in [-0.2, -0.15) is 0 Å². The van der Waals surface area contributed by atoms with Gasteiger partial charge in [-0.1, -0.05) is 13.0 Å². The highest BCUT2D eigenvalue weighted by atomic mass is 35.5.